The van der Waals surface area contributed by atoms with E-state index in [1.807, 2.05) is 19.2 Å². The van der Waals surface area contributed by atoms with Crippen LogP contribution in [0.1, 0.15) is 26.7 Å². The van der Waals surface area contributed by atoms with Crippen LogP contribution < -0.4 is 27.4 Å². The summed E-state index contributed by atoms with van der Waals surface area (Å²) in [7, 11) is 0. The average Bonchev–Trinajstić information content (AvgIpc) is 2.55. The molecule has 4 amide bonds. The monoisotopic (exact) mass is 389 g/mol. The van der Waals surface area contributed by atoms with Crippen LogP contribution in [0.15, 0.2) is 0 Å². The van der Waals surface area contributed by atoms with Crippen molar-refractivity contribution < 1.29 is 34.2 Å². The summed E-state index contributed by atoms with van der Waals surface area (Å²) >= 11 is 0. The molecule has 0 bridgehead atoms. The van der Waals surface area contributed by atoms with E-state index in [2.05, 4.69) is 10.6 Å². The lowest BCUT2D eigenvalue weighted by molar-refractivity contribution is -0.143. The number of nitrogens with two attached hydrogens (primary N) is 2. The Labute approximate surface area is 156 Å². The normalized spacial score (nSPS) is 14.0. The third-order valence-electron chi connectivity index (χ3n) is 3.34. The number of aliphatic hydroxyl groups is 1. The maximum atomic E-state index is 12.0. The molecule has 0 radical (unpaired) electrons. The van der Waals surface area contributed by atoms with Gasteiger partial charge in [0.1, 0.15) is 12.1 Å². The summed E-state index contributed by atoms with van der Waals surface area (Å²) in [6, 6.07) is -3.88. The second-order valence-electron chi connectivity index (χ2n) is 6.33. The van der Waals surface area contributed by atoms with Gasteiger partial charge in [0, 0.05) is 0 Å². The number of carboxylic acid groups (broad SMARTS) is 1. The molecule has 12 heteroatoms. The van der Waals surface area contributed by atoms with E-state index in [4.69, 9.17) is 21.7 Å². The summed E-state index contributed by atoms with van der Waals surface area (Å²) in [5.74, 6) is -4.63. The van der Waals surface area contributed by atoms with E-state index >= 15 is 0 Å². The molecule has 0 spiro atoms. The van der Waals surface area contributed by atoms with Crippen molar-refractivity contribution in [2.45, 2.75) is 44.8 Å². The standard InChI is InChI=1S/C15H27N5O7/c1-7(2)3-8(16)13(24)18-5-12(23)19-9(4-11(17)22)14(25)20-10(6-21)15(26)27/h7-10,21H,3-6,16H2,1-2H3,(H2,17,22)(H,18,24)(H,19,23)(H,20,25)(H,26,27). The second-order valence-corrected chi connectivity index (χ2v) is 6.33. The number of aliphatic carboxylic acids is 1. The largest absolute Gasteiger partial charge is 0.480 e. The van der Waals surface area contributed by atoms with Crippen molar-refractivity contribution in [2.24, 2.45) is 17.4 Å². The summed E-state index contributed by atoms with van der Waals surface area (Å²) in [4.78, 5) is 57.7. The first-order valence-electron chi connectivity index (χ1n) is 8.22. The summed E-state index contributed by atoms with van der Waals surface area (Å²) < 4.78 is 0. The van der Waals surface area contributed by atoms with Crippen molar-refractivity contribution in [1.82, 2.24) is 16.0 Å². The third-order valence-corrected chi connectivity index (χ3v) is 3.34. The minimum Gasteiger partial charge on any atom is -0.480 e. The van der Waals surface area contributed by atoms with Crippen LogP contribution in [0.5, 0.6) is 0 Å². The molecule has 0 saturated carbocycles. The number of rotatable bonds is 12. The van der Waals surface area contributed by atoms with Crippen LogP contribution in [0.25, 0.3) is 0 Å². The number of hydrogen-bond donors (Lipinski definition) is 7. The summed E-state index contributed by atoms with van der Waals surface area (Å²) in [6.45, 7) is 2.37. The highest BCUT2D eigenvalue weighted by Crippen LogP contribution is 2.02. The first-order chi connectivity index (χ1) is 12.5. The zero-order valence-corrected chi connectivity index (χ0v) is 15.2. The number of primary amides is 1. The molecule has 0 aliphatic heterocycles. The minimum absolute atomic E-state index is 0.178. The van der Waals surface area contributed by atoms with Gasteiger partial charge in [-0.25, -0.2) is 4.79 Å². The third kappa shape index (κ3) is 10.1. The Kier molecular flexibility index (Phi) is 10.6. The Morgan fingerprint density at radius 2 is 1.59 bits per heavy atom. The number of hydrogen-bond acceptors (Lipinski definition) is 7. The van der Waals surface area contributed by atoms with E-state index in [1.165, 1.54) is 0 Å². The molecule has 0 aliphatic carbocycles. The van der Waals surface area contributed by atoms with Crippen molar-refractivity contribution in [3.63, 3.8) is 0 Å². The molecule has 3 unspecified atom stereocenters. The Morgan fingerprint density at radius 3 is 2.04 bits per heavy atom. The van der Waals surface area contributed by atoms with Crippen molar-refractivity contribution in [3.05, 3.63) is 0 Å². The molecule has 27 heavy (non-hydrogen) atoms. The van der Waals surface area contributed by atoms with Gasteiger partial charge in [-0.05, 0) is 12.3 Å². The van der Waals surface area contributed by atoms with Gasteiger partial charge in [-0.15, -0.1) is 0 Å². The quantitative estimate of drug-likeness (QED) is 0.176. The van der Waals surface area contributed by atoms with Crippen molar-refractivity contribution in [2.75, 3.05) is 13.2 Å². The molecule has 0 aromatic carbocycles. The van der Waals surface area contributed by atoms with E-state index in [-0.39, 0.29) is 5.92 Å². The number of carbonyl (C=O) groups excluding carboxylic acids is 4. The predicted molar refractivity (Wildman–Crippen MR) is 92.8 cm³/mol. The smallest absolute Gasteiger partial charge is 0.328 e. The highest BCUT2D eigenvalue weighted by molar-refractivity contribution is 5.94. The minimum atomic E-state index is -1.61. The predicted octanol–water partition coefficient (Wildman–Crippen LogP) is -3.60. The zero-order chi connectivity index (χ0) is 21.1. The number of nitrogens with one attached hydrogen (secondary N) is 3. The van der Waals surface area contributed by atoms with Crippen molar-refractivity contribution in [3.8, 4) is 0 Å². The zero-order valence-electron chi connectivity index (χ0n) is 15.2. The average molecular weight is 389 g/mol. The van der Waals surface area contributed by atoms with E-state index in [9.17, 15) is 24.0 Å². The SMILES string of the molecule is CC(C)CC(N)C(=O)NCC(=O)NC(CC(N)=O)C(=O)NC(CO)C(=O)O. The second kappa shape index (κ2) is 11.8. The topological polar surface area (TPSA) is 214 Å². The molecule has 154 valence electrons. The lowest BCUT2D eigenvalue weighted by Gasteiger charge is -2.20. The van der Waals surface area contributed by atoms with E-state index in [0.717, 1.165) is 0 Å². The van der Waals surface area contributed by atoms with E-state index in [1.54, 1.807) is 0 Å². The van der Waals surface area contributed by atoms with Crippen LogP contribution in [0.4, 0.5) is 0 Å². The lowest BCUT2D eigenvalue weighted by atomic mass is 10.0. The van der Waals surface area contributed by atoms with Gasteiger partial charge in [-0.1, -0.05) is 13.8 Å². The van der Waals surface area contributed by atoms with Gasteiger partial charge in [0.2, 0.25) is 23.6 Å². The van der Waals surface area contributed by atoms with Crippen LogP contribution in [-0.2, 0) is 24.0 Å². The summed E-state index contributed by atoms with van der Waals surface area (Å²) in [6.07, 6.45) is -0.186. The Balaban J connectivity index is 4.77. The van der Waals surface area contributed by atoms with Gasteiger partial charge in [0.25, 0.3) is 0 Å². The van der Waals surface area contributed by atoms with Gasteiger partial charge in [0.15, 0.2) is 0 Å². The molecular weight excluding hydrogens is 362 g/mol. The molecule has 0 heterocycles. The molecule has 0 saturated heterocycles. The lowest BCUT2D eigenvalue weighted by Crippen LogP contribution is -2.55. The number of aliphatic hydroxyl groups excluding tert-OH is 1. The molecule has 0 aromatic rings. The maximum absolute atomic E-state index is 12.0. The first-order valence-corrected chi connectivity index (χ1v) is 8.22. The summed E-state index contributed by atoms with van der Waals surface area (Å²) in [5, 5.41) is 24.2. The van der Waals surface area contributed by atoms with Gasteiger partial charge < -0.3 is 37.6 Å². The molecule has 9 N–H and O–H groups in total. The fraction of sp³-hybridized carbons (Fsp3) is 0.667. The molecule has 0 rings (SSSR count). The molecule has 0 fully saturated rings. The van der Waals surface area contributed by atoms with Crippen molar-refractivity contribution >= 4 is 29.6 Å². The van der Waals surface area contributed by atoms with Crippen LogP contribution in [-0.4, -0.2) is 71.1 Å². The highest BCUT2D eigenvalue weighted by atomic mass is 16.4. The van der Waals surface area contributed by atoms with Gasteiger partial charge in [-0.3, -0.25) is 19.2 Å². The fourth-order valence-corrected chi connectivity index (χ4v) is 2.03. The number of amides is 4. The highest BCUT2D eigenvalue weighted by Gasteiger charge is 2.27. The molecule has 0 aromatic heterocycles. The van der Waals surface area contributed by atoms with Gasteiger partial charge in [0.05, 0.1) is 25.6 Å². The van der Waals surface area contributed by atoms with E-state index < -0.39 is 67.3 Å². The van der Waals surface area contributed by atoms with Crippen LogP contribution in [0, 0.1) is 5.92 Å². The Morgan fingerprint density at radius 1 is 1.00 bits per heavy atom. The van der Waals surface area contributed by atoms with Crippen LogP contribution in [0.3, 0.4) is 0 Å². The van der Waals surface area contributed by atoms with Gasteiger partial charge >= 0.3 is 5.97 Å². The van der Waals surface area contributed by atoms with Crippen molar-refractivity contribution in [1.29, 1.82) is 0 Å². The maximum Gasteiger partial charge on any atom is 0.328 e. The molecule has 12 nitrogen and oxygen atoms in total. The molecule has 3 atom stereocenters. The number of carbonyl (C=O) groups is 5. The van der Waals surface area contributed by atoms with Gasteiger partial charge in [-0.2, -0.15) is 0 Å². The molecule has 0 aliphatic rings. The fourth-order valence-electron chi connectivity index (χ4n) is 2.03. The van der Waals surface area contributed by atoms with Crippen LogP contribution in [0.2, 0.25) is 0 Å². The number of carboxylic acids is 1. The van der Waals surface area contributed by atoms with Crippen LogP contribution >= 0.6 is 0 Å². The first kappa shape index (κ1) is 24.3. The molecular formula is C15H27N5O7. The summed E-state index contributed by atoms with van der Waals surface area (Å²) in [5.41, 5.74) is 10.7. The Hall–Kier alpha value is -2.73. The van der Waals surface area contributed by atoms with E-state index in [0.29, 0.717) is 6.42 Å². The Bertz CT molecular complexity index is 567.